The molecular formula is C16H26ClNO3. The maximum atomic E-state index is 6.14. The van der Waals surface area contributed by atoms with Crippen molar-refractivity contribution in [1.82, 2.24) is 5.32 Å². The summed E-state index contributed by atoms with van der Waals surface area (Å²) in [4.78, 5) is 0. The Labute approximate surface area is 132 Å². The molecular weight excluding hydrogens is 290 g/mol. The van der Waals surface area contributed by atoms with E-state index in [2.05, 4.69) is 19.2 Å². The SMILES string of the molecule is COc1cc(Cl)cc(CNCC(C)C)c1OCC(C)OC. The third-order valence-electron chi connectivity index (χ3n) is 3.05. The van der Waals surface area contributed by atoms with Gasteiger partial charge in [0.25, 0.3) is 0 Å². The van der Waals surface area contributed by atoms with E-state index in [9.17, 15) is 0 Å². The molecule has 1 aromatic rings. The van der Waals surface area contributed by atoms with Crippen LogP contribution < -0.4 is 14.8 Å². The fraction of sp³-hybridized carbons (Fsp3) is 0.625. The molecule has 120 valence electrons. The van der Waals surface area contributed by atoms with Crippen LogP contribution in [0.1, 0.15) is 26.3 Å². The minimum absolute atomic E-state index is 0.0156. The van der Waals surface area contributed by atoms with Crippen LogP contribution in [0.5, 0.6) is 11.5 Å². The summed E-state index contributed by atoms with van der Waals surface area (Å²) in [6.07, 6.45) is 0.0156. The van der Waals surface area contributed by atoms with Gasteiger partial charge < -0.3 is 19.5 Å². The first-order valence-electron chi connectivity index (χ1n) is 7.20. The van der Waals surface area contributed by atoms with Gasteiger partial charge in [0.05, 0.1) is 13.2 Å². The summed E-state index contributed by atoms with van der Waals surface area (Å²) < 4.78 is 16.5. The van der Waals surface area contributed by atoms with Crippen molar-refractivity contribution >= 4 is 11.6 Å². The molecule has 1 unspecified atom stereocenters. The topological polar surface area (TPSA) is 39.7 Å². The van der Waals surface area contributed by atoms with Gasteiger partial charge in [-0.1, -0.05) is 25.4 Å². The number of nitrogens with one attached hydrogen (secondary N) is 1. The molecule has 1 rings (SSSR count). The Morgan fingerprint density at radius 2 is 1.90 bits per heavy atom. The van der Waals surface area contributed by atoms with Crippen molar-refractivity contribution in [2.45, 2.75) is 33.4 Å². The van der Waals surface area contributed by atoms with Crippen molar-refractivity contribution in [3.05, 3.63) is 22.7 Å². The van der Waals surface area contributed by atoms with E-state index in [1.54, 1.807) is 20.3 Å². The molecule has 0 aliphatic carbocycles. The molecule has 0 aliphatic rings. The molecule has 1 aromatic carbocycles. The van der Waals surface area contributed by atoms with Crippen LogP contribution in [0.2, 0.25) is 5.02 Å². The smallest absolute Gasteiger partial charge is 0.165 e. The molecule has 21 heavy (non-hydrogen) atoms. The third kappa shape index (κ3) is 6.12. The first kappa shape index (κ1) is 18.1. The van der Waals surface area contributed by atoms with E-state index < -0.39 is 0 Å². The lowest BCUT2D eigenvalue weighted by atomic mass is 10.1. The van der Waals surface area contributed by atoms with Crippen LogP contribution in [0.15, 0.2) is 12.1 Å². The molecule has 1 N–H and O–H groups in total. The monoisotopic (exact) mass is 315 g/mol. The molecule has 0 aromatic heterocycles. The zero-order valence-corrected chi connectivity index (χ0v) is 14.3. The Bertz CT molecular complexity index is 438. The first-order valence-corrected chi connectivity index (χ1v) is 7.58. The second-order valence-electron chi connectivity index (χ2n) is 5.48. The van der Waals surface area contributed by atoms with Crippen molar-refractivity contribution < 1.29 is 14.2 Å². The third-order valence-corrected chi connectivity index (χ3v) is 3.27. The average Bonchev–Trinajstić information content (AvgIpc) is 2.44. The molecule has 0 radical (unpaired) electrons. The van der Waals surface area contributed by atoms with Crippen molar-refractivity contribution in [2.24, 2.45) is 5.92 Å². The summed E-state index contributed by atoms with van der Waals surface area (Å²) in [6, 6.07) is 3.67. The number of ether oxygens (including phenoxy) is 3. The molecule has 0 saturated heterocycles. The Kier molecular flexibility index (Phi) is 7.86. The van der Waals surface area contributed by atoms with Crippen LogP contribution in [0.25, 0.3) is 0 Å². The lowest BCUT2D eigenvalue weighted by Gasteiger charge is -2.18. The molecule has 0 heterocycles. The number of rotatable bonds is 9. The Balaban J connectivity index is 2.88. The number of hydrogen-bond donors (Lipinski definition) is 1. The second-order valence-corrected chi connectivity index (χ2v) is 5.91. The van der Waals surface area contributed by atoms with Crippen molar-refractivity contribution in [3.8, 4) is 11.5 Å². The number of hydrogen-bond acceptors (Lipinski definition) is 4. The van der Waals surface area contributed by atoms with Crippen LogP contribution in [0.3, 0.4) is 0 Å². The predicted octanol–water partition coefficient (Wildman–Crippen LogP) is 3.51. The summed E-state index contributed by atoms with van der Waals surface area (Å²) in [7, 11) is 3.28. The first-order chi connectivity index (χ1) is 9.97. The predicted molar refractivity (Wildman–Crippen MR) is 86.5 cm³/mol. The van der Waals surface area contributed by atoms with Crippen molar-refractivity contribution in [2.75, 3.05) is 27.4 Å². The lowest BCUT2D eigenvalue weighted by molar-refractivity contribution is 0.0702. The Hall–Kier alpha value is -0.970. The fourth-order valence-electron chi connectivity index (χ4n) is 1.83. The zero-order valence-electron chi connectivity index (χ0n) is 13.5. The number of methoxy groups -OCH3 is 2. The maximum Gasteiger partial charge on any atom is 0.165 e. The van der Waals surface area contributed by atoms with Crippen LogP contribution in [0, 0.1) is 5.92 Å². The van der Waals surface area contributed by atoms with E-state index in [1.165, 1.54) is 0 Å². The van der Waals surface area contributed by atoms with Gasteiger partial charge in [0.1, 0.15) is 6.61 Å². The standard InChI is InChI=1S/C16H26ClNO3/c1-11(2)8-18-9-13-6-14(17)7-15(20-5)16(13)21-10-12(3)19-4/h6-7,11-12,18H,8-10H2,1-5H3. The van der Waals surface area contributed by atoms with Gasteiger partial charge >= 0.3 is 0 Å². The second kappa shape index (κ2) is 9.13. The quantitative estimate of drug-likeness (QED) is 0.757. The Morgan fingerprint density at radius 3 is 2.48 bits per heavy atom. The maximum absolute atomic E-state index is 6.14. The zero-order chi connectivity index (χ0) is 15.8. The molecule has 0 amide bonds. The molecule has 0 saturated carbocycles. The highest BCUT2D eigenvalue weighted by molar-refractivity contribution is 6.30. The lowest BCUT2D eigenvalue weighted by Crippen LogP contribution is -2.21. The summed E-state index contributed by atoms with van der Waals surface area (Å²) in [5.41, 5.74) is 0.989. The summed E-state index contributed by atoms with van der Waals surface area (Å²) >= 11 is 6.14. The van der Waals surface area contributed by atoms with Gasteiger partial charge in [-0.15, -0.1) is 0 Å². The highest BCUT2D eigenvalue weighted by Gasteiger charge is 2.14. The van der Waals surface area contributed by atoms with E-state index >= 15 is 0 Å². The number of halogens is 1. The van der Waals surface area contributed by atoms with E-state index in [-0.39, 0.29) is 6.10 Å². The van der Waals surface area contributed by atoms with E-state index in [0.29, 0.717) is 29.8 Å². The van der Waals surface area contributed by atoms with E-state index in [1.807, 2.05) is 13.0 Å². The average molecular weight is 316 g/mol. The van der Waals surface area contributed by atoms with Crippen molar-refractivity contribution in [3.63, 3.8) is 0 Å². The molecule has 5 heteroatoms. The van der Waals surface area contributed by atoms with E-state index in [4.69, 9.17) is 25.8 Å². The van der Waals surface area contributed by atoms with Crippen LogP contribution in [-0.2, 0) is 11.3 Å². The van der Waals surface area contributed by atoms with Gasteiger partial charge in [0.15, 0.2) is 11.5 Å². The van der Waals surface area contributed by atoms with Gasteiger partial charge in [-0.2, -0.15) is 0 Å². The molecule has 4 nitrogen and oxygen atoms in total. The van der Waals surface area contributed by atoms with Crippen LogP contribution >= 0.6 is 11.6 Å². The van der Waals surface area contributed by atoms with Crippen LogP contribution in [-0.4, -0.2) is 33.5 Å². The summed E-state index contributed by atoms with van der Waals surface area (Å²) in [5.74, 6) is 1.96. The minimum atomic E-state index is 0.0156. The normalized spacial score (nSPS) is 12.5. The van der Waals surface area contributed by atoms with Gasteiger partial charge in [-0.25, -0.2) is 0 Å². The van der Waals surface area contributed by atoms with Gasteiger partial charge in [0.2, 0.25) is 0 Å². The molecule has 0 aliphatic heterocycles. The fourth-order valence-corrected chi connectivity index (χ4v) is 2.06. The van der Waals surface area contributed by atoms with Crippen molar-refractivity contribution in [1.29, 1.82) is 0 Å². The summed E-state index contributed by atoms with van der Waals surface area (Å²) in [5, 5.41) is 4.04. The Morgan fingerprint density at radius 1 is 1.19 bits per heavy atom. The van der Waals surface area contributed by atoms with Crippen LogP contribution in [0.4, 0.5) is 0 Å². The molecule has 0 spiro atoms. The highest BCUT2D eigenvalue weighted by Crippen LogP contribution is 2.35. The molecule has 1 atom stereocenters. The highest BCUT2D eigenvalue weighted by atomic mass is 35.5. The van der Waals surface area contributed by atoms with E-state index in [0.717, 1.165) is 17.9 Å². The van der Waals surface area contributed by atoms with Gasteiger partial charge in [0, 0.05) is 30.3 Å². The number of benzene rings is 1. The summed E-state index contributed by atoms with van der Waals surface area (Å²) in [6.45, 7) is 8.38. The minimum Gasteiger partial charge on any atom is -0.493 e. The molecule has 0 bridgehead atoms. The van der Waals surface area contributed by atoms with Gasteiger partial charge in [-0.3, -0.25) is 0 Å². The molecule has 0 fully saturated rings. The van der Waals surface area contributed by atoms with Gasteiger partial charge in [-0.05, 0) is 25.5 Å². The largest absolute Gasteiger partial charge is 0.493 e.